The molecule has 0 unspecified atom stereocenters. The molecule has 0 N–H and O–H groups in total. The highest BCUT2D eigenvalue weighted by Crippen LogP contribution is 2.25. The first kappa shape index (κ1) is 39.4. The minimum Gasteiger partial charge on any atom is -0.463 e. The molecule has 1 aromatic heterocycles. The van der Waals surface area contributed by atoms with Crippen LogP contribution in [-0.2, 0) is 0 Å². The maximum absolute atomic E-state index is 6.17. The van der Waals surface area contributed by atoms with E-state index in [-0.39, 0.29) is 0 Å². The largest absolute Gasteiger partial charge is 0.463 e. The summed E-state index contributed by atoms with van der Waals surface area (Å²) < 4.78 is 6.17. The molecule has 2 heterocycles. The zero-order chi connectivity index (χ0) is 31.3. The van der Waals surface area contributed by atoms with Crippen molar-refractivity contribution in [3.63, 3.8) is 0 Å². The lowest BCUT2D eigenvalue weighted by Crippen LogP contribution is -2.32. The second-order valence-corrected chi connectivity index (χ2v) is 15.1. The number of rotatable bonds is 29. The summed E-state index contributed by atoms with van der Waals surface area (Å²) in [5, 5.41) is 1.68. The Labute approximate surface area is 281 Å². The fourth-order valence-electron chi connectivity index (χ4n) is 5.67. The third kappa shape index (κ3) is 21.9. The first-order valence-electron chi connectivity index (χ1n) is 18.7. The molecular weight excluding hydrogens is 581 g/mol. The van der Waals surface area contributed by atoms with Crippen LogP contribution in [0.2, 0.25) is 0 Å². The summed E-state index contributed by atoms with van der Waals surface area (Å²) >= 11 is 3.56. The molecule has 254 valence electrons. The highest BCUT2D eigenvalue weighted by atomic mass is 32.2. The molecule has 0 atom stereocenters. The van der Waals surface area contributed by atoms with Gasteiger partial charge in [-0.25, -0.2) is 0 Å². The van der Waals surface area contributed by atoms with Gasteiger partial charge in [0.25, 0.3) is 0 Å². The number of hydrogen-bond donors (Lipinski definition) is 0. The van der Waals surface area contributed by atoms with Crippen molar-refractivity contribution in [1.82, 2.24) is 19.9 Å². The van der Waals surface area contributed by atoms with Crippen LogP contribution in [0.4, 0.5) is 0 Å². The van der Waals surface area contributed by atoms with Crippen molar-refractivity contribution in [2.24, 2.45) is 5.92 Å². The third-order valence-electron chi connectivity index (χ3n) is 8.73. The molecule has 1 saturated heterocycles. The average molecular weight is 649 g/mol. The Morgan fingerprint density at radius 2 is 1.05 bits per heavy atom. The van der Waals surface area contributed by atoms with Gasteiger partial charge in [-0.3, -0.25) is 0 Å². The topological polar surface area (TPSA) is 51.1 Å². The van der Waals surface area contributed by atoms with Crippen molar-refractivity contribution in [3.05, 3.63) is 12.2 Å². The Bertz CT molecular complexity index is 817. The van der Waals surface area contributed by atoms with Gasteiger partial charge >= 0.3 is 6.01 Å². The second-order valence-electron chi connectivity index (χ2n) is 13.0. The van der Waals surface area contributed by atoms with Crippen LogP contribution < -0.4 is 4.74 Å². The van der Waals surface area contributed by atoms with Crippen LogP contribution in [0.3, 0.4) is 0 Å². The van der Waals surface area contributed by atoms with E-state index in [1.54, 1.807) is 23.5 Å². The van der Waals surface area contributed by atoms with E-state index in [0.29, 0.717) is 11.9 Å². The van der Waals surface area contributed by atoms with Gasteiger partial charge in [0.1, 0.15) is 0 Å². The summed E-state index contributed by atoms with van der Waals surface area (Å²) in [6.07, 6.45) is 35.4. The summed E-state index contributed by atoms with van der Waals surface area (Å²) in [6.45, 7) is 7.60. The molecular formula is C37H68N4OS2. The number of unbranched alkanes of at least 4 members (excludes halogenated alkanes) is 18. The zero-order valence-corrected chi connectivity index (χ0v) is 30.7. The van der Waals surface area contributed by atoms with E-state index in [1.807, 2.05) is 0 Å². The molecule has 44 heavy (non-hydrogen) atoms. The van der Waals surface area contributed by atoms with Gasteiger partial charge in [-0.05, 0) is 77.4 Å². The summed E-state index contributed by atoms with van der Waals surface area (Å²) in [5.74, 6) is 2.75. The van der Waals surface area contributed by atoms with Crippen molar-refractivity contribution in [2.45, 2.75) is 172 Å². The standard InChI is InChI=1S/C37H68N4OS2/c1-4-6-8-10-12-13-14-15-16-17-18-19-20-22-24-26-32-44-37-39-35(42-33-34-27-29-41(3)30-28-34)38-36(40-37)43-31-25-23-21-11-9-7-5-2/h15-16,34H,4-14,17-33H2,1-3H3/b16-15-. The third-order valence-corrected chi connectivity index (χ3v) is 10.6. The maximum Gasteiger partial charge on any atom is 0.321 e. The summed E-state index contributed by atoms with van der Waals surface area (Å²) in [7, 11) is 2.21. The molecule has 7 heteroatoms. The Hall–Kier alpha value is -0.790. The Morgan fingerprint density at radius 1 is 0.614 bits per heavy atom. The van der Waals surface area contributed by atoms with E-state index in [0.717, 1.165) is 41.5 Å². The minimum absolute atomic E-state index is 0.532. The highest BCUT2D eigenvalue weighted by molar-refractivity contribution is 7.99. The fourth-order valence-corrected chi connectivity index (χ4v) is 7.38. The summed E-state index contributed by atoms with van der Waals surface area (Å²) in [5.41, 5.74) is 0. The van der Waals surface area contributed by atoms with Crippen LogP contribution in [0.15, 0.2) is 22.5 Å². The smallest absolute Gasteiger partial charge is 0.321 e. The quantitative estimate of drug-likeness (QED) is 0.0486. The molecule has 0 spiro atoms. The van der Waals surface area contributed by atoms with Gasteiger partial charge in [0.15, 0.2) is 10.3 Å². The van der Waals surface area contributed by atoms with Crippen molar-refractivity contribution in [3.8, 4) is 6.01 Å². The monoisotopic (exact) mass is 648 g/mol. The van der Waals surface area contributed by atoms with Gasteiger partial charge < -0.3 is 9.64 Å². The fraction of sp³-hybridized carbons (Fsp3) is 0.865. The lowest BCUT2D eigenvalue weighted by molar-refractivity contribution is 0.151. The molecule has 0 bridgehead atoms. The number of thioether (sulfide) groups is 2. The number of piperidine rings is 1. The van der Waals surface area contributed by atoms with Gasteiger partial charge in [-0.1, -0.05) is 146 Å². The molecule has 1 aromatic rings. The molecule has 0 radical (unpaired) electrons. The zero-order valence-electron chi connectivity index (χ0n) is 29.0. The van der Waals surface area contributed by atoms with Crippen LogP contribution in [0, 0.1) is 5.92 Å². The minimum atomic E-state index is 0.532. The summed E-state index contributed by atoms with van der Waals surface area (Å²) in [6, 6.07) is 0.532. The van der Waals surface area contributed by atoms with Crippen LogP contribution in [0.25, 0.3) is 0 Å². The molecule has 2 rings (SSSR count). The van der Waals surface area contributed by atoms with E-state index in [4.69, 9.17) is 19.7 Å². The number of ether oxygens (including phenoxy) is 1. The van der Waals surface area contributed by atoms with Gasteiger partial charge in [0, 0.05) is 11.5 Å². The summed E-state index contributed by atoms with van der Waals surface area (Å²) in [4.78, 5) is 16.7. The number of aromatic nitrogens is 3. The van der Waals surface area contributed by atoms with E-state index < -0.39 is 0 Å². The first-order valence-corrected chi connectivity index (χ1v) is 20.7. The van der Waals surface area contributed by atoms with E-state index in [9.17, 15) is 0 Å². The molecule has 1 aliphatic rings. The maximum atomic E-state index is 6.17. The SMILES string of the molecule is CCCCCCCC/C=C\CCCCCCCCSc1nc(OCC2CCN(C)CC2)nc(SCCCCCCCCC)n1. The molecule has 5 nitrogen and oxygen atoms in total. The van der Waals surface area contributed by atoms with Crippen LogP contribution >= 0.6 is 23.5 Å². The first-order chi connectivity index (χ1) is 21.7. The Morgan fingerprint density at radius 3 is 1.52 bits per heavy atom. The highest BCUT2D eigenvalue weighted by Gasteiger charge is 2.18. The van der Waals surface area contributed by atoms with E-state index >= 15 is 0 Å². The van der Waals surface area contributed by atoms with Crippen molar-refractivity contribution >= 4 is 23.5 Å². The van der Waals surface area contributed by atoms with E-state index in [2.05, 4.69) is 37.9 Å². The average Bonchev–Trinajstić information content (AvgIpc) is 3.03. The second kappa shape index (κ2) is 28.4. The number of likely N-dealkylation sites (tertiary alicyclic amines) is 1. The molecule has 0 aliphatic carbocycles. The number of hydrogen-bond acceptors (Lipinski definition) is 7. The normalized spacial score (nSPS) is 14.6. The molecule has 0 amide bonds. The van der Waals surface area contributed by atoms with Crippen LogP contribution in [-0.4, -0.2) is 58.1 Å². The van der Waals surface area contributed by atoms with Crippen molar-refractivity contribution < 1.29 is 4.74 Å². The molecule has 0 saturated carbocycles. The van der Waals surface area contributed by atoms with E-state index in [1.165, 1.54) is 148 Å². The Kier molecular flexibility index (Phi) is 25.5. The van der Waals surface area contributed by atoms with Crippen molar-refractivity contribution in [2.75, 3.05) is 38.2 Å². The van der Waals surface area contributed by atoms with Crippen molar-refractivity contribution in [1.29, 1.82) is 0 Å². The molecule has 1 fully saturated rings. The molecule has 1 aliphatic heterocycles. The van der Waals surface area contributed by atoms with Gasteiger partial charge in [0.2, 0.25) is 0 Å². The predicted molar refractivity (Wildman–Crippen MR) is 194 cm³/mol. The number of allylic oxidation sites excluding steroid dienone is 2. The van der Waals surface area contributed by atoms with Gasteiger partial charge in [-0.2, -0.15) is 15.0 Å². The number of nitrogens with zero attached hydrogens (tertiary/aromatic N) is 4. The van der Waals surface area contributed by atoms with Crippen LogP contribution in [0.5, 0.6) is 6.01 Å². The lowest BCUT2D eigenvalue weighted by atomic mass is 9.98. The van der Waals surface area contributed by atoms with Gasteiger partial charge in [-0.15, -0.1) is 0 Å². The Balaban J connectivity index is 1.61. The predicted octanol–water partition coefficient (Wildman–Crippen LogP) is 11.6. The van der Waals surface area contributed by atoms with Crippen LogP contribution in [0.1, 0.15) is 162 Å². The molecule has 0 aromatic carbocycles. The lowest BCUT2D eigenvalue weighted by Gasteiger charge is -2.28. The van der Waals surface area contributed by atoms with Gasteiger partial charge in [0.05, 0.1) is 6.61 Å².